The molecule has 2 aromatic rings. The molecule has 0 aliphatic carbocycles. The molecular weight excluding hydrogens is 250 g/mol. The summed E-state index contributed by atoms with van der Waals surface area (Å²) in [5, 5.41) is 3.49. The summed E-state index contributed by atoms with van der Waals surface area (Å²) >= 11 is 1.90. The second-order valence-electron chi connectivity index (χ2n) is 5.01. The van der Waals surface area contributed by atoms with Gasteiger partial charge in [-0.25, -0.2) is 0 Å². The summed E-state index contributed by atoms with van der Waals surface area (Å²) < 4.78 is 0. The molecule has 2 rings (SSSR count). The van der Waals surface area contributed by atoms with Gasteiger partial charge in [-0.05, 0) is 48.6 Å². The third-order valence-corrected chi connectivity index (χ3v) is 4.85. The molecule has 0 aliphatic rings. The van der Waals surface area contributed by atoms with Gasteiger partial charge in [0.05, 0.1) is 0 Å². The van der Waals surface area contributed by atoms with Gasteiger partial charge in [-0.3, -0.25) is 0 Å². The highest BCUT2D eigenvalue weighted by molar-refractivity contribution is 7.12. The second kappa shape index (κ2) is 6.76. The standard InChI is InChI=1S/C17H23NS/c1-4-13(3)14-6-8-15(9-7-14)18-12-17-11-10-16(5-2)19-17/h6-11,13,18H,4-5,12H2,1-3H3. The van der Waals surface area contributed by atoms with Crippen molar-refractivity contribution in [1.29, 1.82) is 0 Å². The molecule has 2 heteroatoms. The average Bonchev–Trinajstić information content (AvgIpc) is 2.93. The maximum Gasteiger partial charge on any atom is 0.0494 e. The van der Waals surface area contributed by atoms with E-state index >= 15 is 0 Å². The number of hydrogen-bond acceptors (Lipinski definition) is 2. The molecule has 1 heterocycles. The van der Waals surface area contributed by atoms with E-state index < -0.39 is 0 Å². The zero-order chi connectivity index (χ0) is 13.7. The number of benzene rings is 1. The molecule has 19 heavy (non-hydrogen) atoms. The smallest absolute Gasteiger partial charge is 0.0494 e. The van der Waals surface area contributed by atoms with Gasteiger partial charge in [0, 0.05) is 22.0 Å². The SMILES string of the molecule is CCc1ccc(CNc2ccc(C(C)CC)cc2)s1. The molecule has 0 aliphatic heterocycles. The van der Waals surface area contributed by atoms with Crippen molar-refractivity contribution in [2.75, 3.05) is 5.32 Å². The third kappa shape index (κ3) is 3.84. The minimum atomic E-state index is 0.651. The van der Waals surface area contributed by atoms with E-state index in [9.17, 15) is 0 Å². The Balaban J connectivity index is 1.92. The molecular formula is C17H23NS. The van der Waals surface area contributed by atoms with Gasteiger partial charge in [0.1, 0.15) is 0 Å². The van der Waals surface area contributed by atoms with Crippen LogP contribution in [0.5, 0.6) is 0 Å². The van der Waals surface area contributed by atoms with Crippen molar-refractivity contribution in [1.82, 2.24) is 0 Å². The maximum absolute atomic E-state index is 3.49. The lowest BCUT2D eigenvalue weighted by Crippen LogP contribution is -1.98. The average molecular weight is 273 g/mol. The number of thiophene rings is 1. The minimum absolute atomic E-state index is 0.651. The van der Waals surface area contributed by atoms with Crippen molar-refractivity contribution in [3.8, 4) is 0 Å². The van der Waals surface area contributed by atoms with Gasteiger partial charge in [-0.1, -0.05) is 32.9 Å². The molecule has 0 radical (unpaired) electrons. The summed E-state index contributed by atoms with van der Waals surface area (Å²) in [6.45, 7) is 7.64. The highest BCUT2D eigenvalue weighted by atomic mass is 32.1. The van der Waals surface area contributed by atoms with Crippen LogP contribution in [0.2, 0.25) is 0 Å². The normalized spacial score (nSPS) is 12.4. The highest BCUT2D eigenvalue weighted by Gasteiger charge is 2.03. The third-order valence-electron chi connectivity index (χ3n) is 3.62. The molecule has 102 valence electrons. The van der Waals surface area contributed by atoms with Crippen LogP contribution in [-0.4, -0.2) is 0 Å². The summed E-state index contributed by atoms with van der Waals surface area (Å²) in [5.41, 5.74) is 2.64. The van der Waals surface area contributed by atoms with Crippen LogP contribution in [0.25, 0.3) is 0 Å². The lowest BCUT2D eigenvalue weighted by molar-refractivity contribution is 0.734. The molecule has 0 bridgehead atoms. The van der Waals surface area contributed by atoms with Crippen LogP contribution in [0.1, 0.15) is 48.4 Å². The zero-order valence-corrected chi connectivity index (χ0v) is 12.9. The van der Waals surface area contributed by atoms with Crippen LogP contribution in [0.15, 0.2) is 36.4 Å². The molecule has 0 amide bonds. The van der Waals surface area contributed by atoms with Gasteiger partial charge in [0.15, 0.2) is 0 Å². The number of anilines is 1. The largest absolute Gasteiger partial charge is 0.380 e. The Hall–Kier alpha value is -1.28. The maximum atomic E-state index is 3.49. The summed E-state index contributed by atoms with van der Waals surface area (Å²) in [6.07, 6.45) is 2.33. The molecule has 0 fully saturated rings. The van der Waals surface area contributed by atoms with Gasteiger partial charge >= 0.3 is 0 Å². The fourth-order valence-electron chi connectivity index (χ4n) is 2.06. The first-order chi connectivity index (χ1) is 9.22. The number of rotatable bonds is 6. The molecule has 1 aromatic carbocycles. The lowest BCUT2D eigenvalue weighted by atomic mass is 9.99. The molecule has 0 spiro atoms. The first-order valence-corrected chi connectivity index (χ1v) is 7.96. The van der Waals surface area contributed by atoms with Crippen molar-refractivity contribution in [3.63, 3.8) is 0 Å². The predicted molar refractivity (Wildman–Crippen MR) is 86.2 cm³/mol. The Morgan fingerprint density at radius 2 is 1.68 bits per heavy atom. The lowest BCUT2D eigenvalue weighted by Gasteiger charge is -2.10. The summed E-state index contributed by atoms with van der Waals surface area (Å²) in [6, 6.07) is 13.3. The van der Waals surface area contributed by atoms with Crippen molar-refractivity contribution in [2.24, 2.45) is 0 Å². The Kier molecular flexibility index (Phi) is 5.03. The van der Waals surface area contributed by atoms with E-state index in [2.05, 4.69) is 62.5 Å². The summed E-state index contributed by atoms with van der Waals surface area (Å²) in [7, 11) is 0. The first-order valence-electron chi connectivity index (χ1n) is 7.14. The summed E-state index contributed by atoms with van der Waals surface area (Å²) in [4.78, 5) is 2.87. The number of aryl methyl sites for hydroxylation is 1. The first kappa shape index (κ1) is 14.1. The van der Waals surface area contributed by atoms with Gasteiger partial charge < -0.3 is 5.32 Å². The highest BCUT2D eigenvalue weighted by Crippen LogP contribution is 2.22. The minimum Gasteiger partial charge on any atom is -0.380 e. The molecule has 1 nitrogen and oxygen atoms in total. The van der Waals surface area contributed by atoms with E-state index in [0.717, 1.165) is 13.0 Å². The van der Waals surface area contributed by atoms with Crippen LogP contribution in [0.3, 0.4) is 0 Å². The van der Waals surface area contributed by atoms with Crippen molar-refractivity contribution >= 4 is 17.0 Å². The van der Waals surface area contributed by atoms with Crippen LogP contribution < -0.4 is 5.32 Å². The Bertz CT molecular complexity index is 498. The van der Waals surface area contributed by atoms with E-state index in [1.165, 1.54) is 27.4 Å². The molecule has 1 N–H and O–H groups in total. The number of hydrogen-bond donors (Lipinski definition) is 1. The van der Waals surface area contributed by atoms with Crippen LogP contribution in [-0.2, 0) is 13.0 Å². The second-order valence-corrected chi connectivity index (χ2v) is 6.26. The molecule has 1 atom stereocenters. The molecule has 1 aromatic heterocycles. The van der Waals surface area contributed by atoms with Crippen LogP contribution in [0, 0.1) is 0 Å². The van der Waals surface area contributed by atoms with E-state index in [-0.39, 0.29) is 0 Å². The van der Waals surface area contributed by atoms with Gasteiger partial charge in [0.2, 0.25) is 0 Å². The van der Waals surface area contributed by atoms with Gasteiger partial charge in [-0.15, -0.1) is 11.3 Å². The van der Waals surface area contributed by atoms with Gasteiger partial charge in [0.25, 0.3) is 0 Å². The fraction of sp³-hybridized carbons (Fsp3) is 0.412. The predicted octanol–water partition coefficient (Wildman–Crippen LogP) is 5.44. The van der Waals surface area contributed by atoms with Crippen LogP contribution >= 0.6 is 11.3 Å². The molecule has 1 unspecified atom stereocenters. The monoisotopic (exact) mass is 273 g/mol. The van der Waals surface area contributed by atoms with Crippen molar-refractivity contribution in [2.45, 2.75) is 46.1 Å². The van der Waals surface area contributed by atoms with E-state index in [0.29, 0.717) is 5.92 Å². The van der Waals surface area contributed by atoms with Gasteiger partial charge in [-0.2, -0.15) is 0 Å². The Morgan fingerprint density at radius 3 is 2.26 bits per heavy atom. The summed E-state index contributed by atoms with van der Waals surface area (Å²) in [5.74, 6) is 0.651. The Labute approximate surface area is 120 Å². The van der Waals surface area contributed by atoms with Crippen LogP contribution in [0.4, 0.5) is 5.69 Å². The van der Waals surface area contributed by atoms with Crippen molar-refractivity contribution < 1.29 is 0 Å². The molecule has 0 saturated carbocycles. The van der Waals surface area contributed by atoms with Crippen molar-refractivity contribution in [3.05, 3.63) is 51.7 Å². The fourth-order valence-corrected chi connectivity index (χ4v) is 2.96. The molecule has 0 saturated heterocycles. The van der Waals surface area contributed by atoms with E-state index in [4.69, 9.17) is 0 Å². The zero-order valence-electron chi connectivity index (χ0n) is 12.1. The quantitative estimate of drug-likeness (QED) is 0.739. The Morgan fingerprint density at radius 1 is 1.00 bits per heavy atom. The number of nitrogens with one attached hydrogen (secondary N) is 1. The van der Waals surface area contributed by atoms with E-state index in [1.807, 2.05) is 11.3 Å². The van der Waals surface area contributed by atoms with E-state index in [1.54, 1.807) is 0 Å². The topological polar surface area (TPSA) is 12.0 Å².